The van der Waals surface area contributed by atoms with Gasteiger partial charge in [0.25, 0.3) is 0 Å². The van der Waals surface area contributed by atoms with Crippen molar-refractivity contribution in [2.75, 3.05) is 25.5 Å². The van der Waals surface area contributed by atoms with Crippen molar-refractivity contribution in [2.45, 2.75) is 19.4 Å². The van der Waals surface area contributed by atoms with Crippen LogP contribution in [-0.2, 0) is 11.3 Å². The molecule has 0 saturated heterocycles. The molecule has 18 heavy (non-hydrogen) atoms. The maximum atomic E-state index is 11.8. The summed E-state index contributed by atoms with van der Waals surface area (Å²) in [5, 5.41) is 2.90. The Labute approximate surface area is 108 Å². The van der Waals surface area contributed by atoms with Crippen LogP contribution < -0.4 is 11.1 Å². The van der Waals surface area contributed by atoms with Gasteiger partial charge in [-0.2, -0.15) is 0 Å². The van der Waals surface area contributed by atoms with Crippen LogP contribution in [-0.4, -0.2) is 30.9 Å². The minimum Gasteiger partial charge on any atom is -0.326 e. The monoisotopic (exact) mass is 247 g/mol. The number of likely N-dealkylation sites (N-methyl/N-ethyl adjacent to an activating group) is 1. The molecule has 0 heterocycles. The van der Waals surface area contributed by atoms with E-state index in [2.05, 4.69) is 10.2 Å². The van der Waals surface area contributed by atoms with Crippen molar-refractivity contribution in [3.05, 3.63) is 29.8 Å². The maximum Gasteiger partial charge on any atom is 0.238 e. The van der Waals surface area contributed by atoms with Crippen LogP contribution in [0.2, 0.25) is 0 Å². The Balaban J connectivity index is 1.78. The van der Waals surface area contributed by atoms with Gasteiger partial charge in [-0.3, -0.25) is 9.69 Å². The summed E-state index contributed by atoms with van der Waals surface area (Å²) in [4.78, 5) is 13.9. The molecule has 0 atom stereocenters. The van der Waals surface area contributed by atoms with Crippen molar-refractivity contribution in [2.24, 2.45) is 11.7 Å². The third-order valence-electron chi connectivity index (χ3n) is 3.15. The van der Waals surface area contributed by atoms with E-state index in [1.54, 1.807) is 0 Å². The van der Waals surface area contributed by atoms with Crippen LogP contribution >= 0.6 is 0 Å². The zero-order valence-corrected chi connectivity index (χ0v) is 10.9. The smallest absolute Gasteiger partial charge is 0.238 e. The number of nitrogens with two attached hydrogens (primary N) is 1. The molecule has 4 nitrogen and oxygen atoms in total. The van der Waals surface area contributed by atoms with Crippen LogP contribution in [0.5, 0.6) is 0 Å². The van der Waals surface area contributed by atoms with Gasteiger partial charge in [-0.15, -0.1) is 0 Å². The Bertz CT molecular complexity index is 398. The van der Waals surface area contributed by atoms with Gasteiger partial charge in [0, 0.05) is 18.8 Å². The highest BCUT2D eigenvalue weighted by Gasteiger charge is 2.23. The summed E-state index contributed by atoms with van der Waals surface area (Å²) in [5.74, 6) is 0.852. The lowest BCUT2D eigenvalue weighted by atomic mass is 10.2. The van der Waals surface area contributed by atoms with Gasteiger partial charge in [-0.05, 0) is 43.5 Å². The molecule has 1 aliphatic rings. The molecular weight excluding hydrogens is 226 g/mol. The molecule has 1 aliphatic carbocycles. The number of nitrogens with zero attached hydrogens (tertiary/aromatic N) is 1. The van der Waals surface area contributed by atoms with Gasteiger partial charge in [-0.1, -0.05) is 12.1 Å². The number of nitrogens with one attached hydrogen (secondary N) is 1. The van der Waals surface area contributed by atoms with Gasteiger partial charge in [0.15, 0.2) is 0 Å². The lowest BCUT2D eigenvalue weighted by Gasteiger charge is -2.15. The predicted molar refractivity (Wildman–Crippen MR) is 73.2 cm³/mol. The number of rotatable bonds is 6. The van der Waals surface area contributed by atoms with Crippen molar-refractivity contribution >= 4 is 11.6 Å². The fraction of sp³-hybridized carbons (Fsp3) is 0.500. The second-order valence-electron chi connectivity index (χ2n) is 5.09. The lowest BCUT2D eigenvalue weighted by Crippen LogP contribution is -2.31. The standard InChI is InChI=1S/C14H21N3O/c1-17(9-12-2-3-12)10-14(18)16-13-6-4-11(8-15)5-7-13/h4-7,12H,2-3,8-10,15H2,1H3,(H,16,18). The Hall–Kier alpha value is -1.39. The molecule has 1 aromatic rings. The van der Waals surface area contributed by atoms with Crippen LogP contribution in [0.1, 0.15) is 18.4 Å². The molecule has 0 unspecified atom stereocenters. The summed E-state index contributed by atoms with van der Waals surface area (Å²) in [5.41, 5.74) is 7.42. The highest BCUT2D eigenvalue weighted by molar-refractivity contribution is 5.92. The van der Waals surface area contributed by atoms with E-state index in [-0.39, 0.29) is 5.91 Å². The molecule has 1 amide bonds. The SMILES string of the molecule is CN(CC(=O)Nc1ccc(CN)cc1)CC1CC1. The summed E-state index contributed by atoms with van der Waals surface area (Å²) in [6, 6.07) is 7.65. The van der Waals surface area contributed by atoms with Crippen LogP contribution in [0.15, 0.2) is 24.3 Å². The molecule has 1 saturated carbocycles. The van der Waals surface area contributed by atoms with Crippen molar-refractivity contribution in [1.82, 2.24) is 4.90 Å². The Kier molecular flexibility index (Phi) is 4.33. The van der Waals surface area contributed by atoms with Crippen LogP contribution in [0.4, 0.5) is 5.69 Å². The number of carbonyl (C=O) groups is 1. The second kappa shape index (κ2) is 5.98. The second-order valence-corrected chi connectivity index (χ2v) is 5.09. The van der Waals surface area contributed by atoms with Crippen LogP contribution in [0.25, 0.3) is 0 Å². The minimum absolute atomic E-state index is 0.0404. The summed E-state index contributed by atoms with van der Waals surface area (Å²) < 4.78 is 0. The summed E-state index contributed by atoms with van der Waals surface area (Å²) in [6.07, 6.45) is 2.62. The summed E-state index contributed by atoms with van der Waals surface area (Å²) >= 11 is 0. The van der Waals surface area contributed by atoms with E-state index in [9.17, 15) is 4.79 Å². The average molecular weight is 247 g/mol. The van der Waals surface area contributed by atoms with Gasteiger partial charge in [-0.25, -0.2) is 0 Å². The van der Waals surface area contributed by atoms with Gasteiger partial charge >= 0.3 is 0 Å². The highest BCUT2D eigenvalue weighted by Crippen LogP contribution is 2.29. The number of carbonyl (C=O) groups excluding carboxylic acids is 1. The van der Waals surface area contributed by atoms with Crippen molar-refractivity contribution in [3.63, 3.8) is 0 Å². The number of benzene rings is 1. The topological polar surface area (TPSA) is 58.4 Å². The lowest BCUT2D eigenvalue weighted by molar-refractivity contribution is -0.117. The number of amides is 1. The molecule has 4 heteroatoms. The van der Waals surface area contributed by atoms with Crippen molar-refractivity contribution < 1.29 is 4.79 Å². The number of hydrogen-bond acceptors (Lipinski definition) is 3. The van der Waals surface area contributed by atoms with Crippen LogP contribution in [0.3, 0.4) is 0 Å². The third kappa shape index (κ3) is 4.13. The van der Waals surface area contributed by atoms with Gasteiger partial charge < -0.3 is 11.1 Å². The normalized spacial score (nSPS) is 14.8. The molecule has 3 N–H and O–H groups in total. The van der Waals surface area contributed by atoms with E-state index in [0.29, 0.717) is 13.1 Å². The molecule has 1 fully saturated rings. The Morgan fingerprint density at radius 2 is 2.06 bits per heavy atom. The molecule has 98 valence electrons. The quantitative estimate of drug-likeness (QED) is 0.799. The molecule has 2 rings (SSSR count). The first-order chi connectivity index (χ1) is 8.67. The largest absolute Gasteiger partial charge is 0.326 e. The zero-order valence-electron chi connectivity index (χ0n) is 10.9. The maximum absolute atomic E-state index is 11.8. The minimum atomic E-state index is 0.0404. The molecule has 0 spiro atoms. The first-order valence-electron chi connectivity index (χ1n) is 6.45. The van der Waals surface area contributed by atoms with Gasteiger partial charge in [0.1, 0.15) is 0 Å². The van der Waals surface area contributed by atoms with E-state index in [1.165, 1.54) is 12.8 Å². The zero-order chi connectivity index (χ0) is 13.0. The van der Waals surface area contributed by atoms with E-state index < -0.39 is 0 Å². The highest BCUT2D eigenvalue weighted by atomic mass is 16.2. The molecule has 0 aromatic heterocycles. The average Bonchev–Trinajstić information content (AvgIpc) is 3.13. The molecular formula is C14H21N3O. The first kappa shape index (κ1) is 13.1. The van der Waals surface area contributed by atoms with E-state index >= 15 is 0 Å². The number of anilines is 1. The van der Waals surface area contributed by atoms with Gasteiger partial charge in [0.2, 0.25) is 5.91 Å². The fourth-order valence-electron chi connectivity index (χ4n) is 1.98. The molecule has 0 aliphatic heterocycles. The summed E-state index contributed by atoms with van der Waals surface area (Å²) in [7, 11) is 2.00. The van der Waals surface area contributed by atoms with E-state index in [1.807, 2.05) is 31.3 Å². The fourth-order valence-corrected chi connectivity index (χ4v) is 1.98. The predicted octanol–water partition coefficient (Wildman–Crippen LogP) is 1.43. The van der Waals surface area contributed by atoms with Crippen molar-refractivity contribution in [1.29, 1.82) is 0 Å². The van der Waals surface area contributed by atoms with Gasteiger partial charge in [0.05, 0.1) is 6.54 Å². The Morgan fingerprint density at radius 1 is 1.39 bits per heavy atom. The molecule has 0 radical (unpaired) electrons. The molecule has 0 bridgehead atoms. The number of hydrogen-bond donors (Lipinski definition) is 2. The van der Waals surface area contributed by atoms with E-state index in [0.717, 1.165) is 23.7 Å². The Morgan fingerprint density at radius 3 is 2.61 bits per heavy atom. The molecule has 1 aromatic carbocycles. The third-order valence-corrected chi connectivity index (χ3v) is 3.15. The summed E-state index contributed by atoms with van der Waals surface area (Å²) in [6.45, 7) is 2.01. The first-order valence-corrected chi connectivity index (χ1v) is 6.45. The van der Waals surface area contributed by atoms with E-state index in [4.69, 9.17) is 5.73 Å². The van der Waals surface area contributed by atoms with Crippen LogP contribution in [0, 0.1) is 5.92 Å². The van der Waals surface area contributed by atoms with Crippen molar-refractivity contribution in [3.8, 4) is 0 Å².